The van der Waals surface area contributed by atoms with Crippen molar-refractivity contribution in [3.05, 3.63) is 11.6 Å². The monoisotopic (exact) mass is 542 g/mol. The number of carboxylic acid groups (broad SMARTS) is 1. The first-order valence-electron chi connectivity index (χ1n) is 13.0. The lowest BCUT2D eigenvalue weighted by molar-refractivity contribution is -0.354. The van der Waals surface area contributed by atoms with Crippen molar-refractivity contribution in [3.63, 3.8) is 0 Å². The van der Waals surface area contributed by atoms with E-state index < -0.39 is 53.2 Å². The smallest absolute Gasteiger partial charge is 0.218 e. The first-order valence-corrected chi connectivity index (χ1v) is 14.3. The molecule has 1 heterocycles. The van der Waals surface area contributed by atoms with Crippen LogP contribution in [0, 0.1) is 28.6 Å². The van der Waals surface area contributed by atoms with Crippen molar-refractivity contribution in [2.45, 2.75) is 102 Å². The molecule has 37 heavy (non-hydrogen) atoms. The minimum atomic E-state index is -5.37. The number of aliphatic carboxylic acids is 1. The second-order valence-corrected chi connectivity index (χ2v) is 12.9. The molecule has 208 valence electrons. The number of hydrogen-bond acceptors (Lipinski definition) is 11. The van der Waals surface area contributed by atoms with Gasteiger partial charge in [-0.05, 0) is 79.6 Å². The molecule has 0 amide bonds. The average Bonchev–Trinajstić information content (AvgIpc) is 3.14. The van der Waals surface area contributed by atoms with Crippen LogP contribution in [0.2, 0.25) is 0 Å². The molecular formula is C25H34O11S-2. The molecule has 1 saturated heterocycles. The number of aliphatic hydroxyl groups is 2. The molecule has 0 aromatic heterocycles. The molecule has 4 fully saturated rings. The number of allylic oxidation sites excluding steroid dienone is 1. The van der Waals surface area contributed by atoms with E-state index in [0.717, 1.165) is 38.5 Å². The maximum absolute atomic E-state index is 12.1. The van der Waals surface area contributed by atoms with E-state index >= 15 is 0 Å². The second kappa shape index (κ2) is 9.35. The van der Waals surface area contributed by atoms with Crippen molar-refractivity contribution in [2.24, 2.45) is 28.6 Å². The molecule has 11 nitrogen and oxygen atoms in total. The summed E-state index contributed by atoms with van der Waals surface area (Å²) in [7, 11) is -5.37. The number of ether oxygens (including phenoxy) is 2. The number of hydrogen-bond donors (Lipinski definition) is 2. The molecule has 5 aliphatic rings. The molecule has 12 heteroatoms. The first kappa shape index (κ1) is 27.2. The largest absolute Gasteiger partial charge is 0.726 e. The van der Waals surface area contributed by atoms with E-state index in [1.807, 2.05) is 6.08 Å². The molecule has 4 aliphatic carbocycles. The van der Waals surface area contributed by atoms with Gasteiger partial charge in [0.25, 0.3) is 0 Å². The van der Waals surface area contributed by atoms with E-state index in [0.29, 0.717) is 30.6 Å². The minimum absolute atomic E-state index is 0.00596. The molecule has 0 aromatic carbocycles. The lowest BCUT2D eigenvalue weighted by Crippen LogP contribution is -2.64. The number of fused-ring (bicyclic) bond motifs is 5. The van der Waals surface area contributed by atoms with Crippen LogP contribution >= 0.6 is 0 Å². The molecular weight excluding hydrogens is 508 g/mol. The molecule has 1 aliphatic heterocycles. The van der Waals surface area contributed by atoms with Crippen LogP contribution < -0.4 is 5.11 Å². The summed E-state index contributed by atoms with van der Waals surface area (Å²) in [6, 6.07) is 0. The maximum atomic E-state index is 12.1. The van der Waals surface area contributed by atoms with Crippen molar-refractivity contribution in [1.29, 1.82) is 0 Å². The highest BCUT2D eigenvalue weighted by atomic mass is 32.3. The maximum Gasteiger partial charge on any atom is 0.218 e. The molecule has 0 unspecified atom stereocenters. The summed E-state index contributed by atoms with van der Waals surface area (Å²) < 4.78 is 49.2. The Morgan fingerprint density at radius 1 is 1.08 bits per heavy atom. The topological polar surface area (TPSA) is 183 Å². The predicted octanol–water partition coefficient (Wildman–Crippen LogP) is -0.0545. The van der Waals surface area contributed by atoms with Gasteiger partial charge in [0, 0.05) is 6.42 Å². The van der Waals surface area contributed by atoms with E-state index in [1.165, 1.54) is 5.57 Å². The van der Waals surface area contributed by atoms with E-state index in [1.54, 1.807) is 0 Å². The van der Waals surface area contributed by atoms with Gasteiger partial charge < -0.3 is 34.1 Å². The van der Waals surface area contributed by atoms with Gasteiger partial charge in [-0.1, -0.05) is 19.4 Å². The zero-order chi connectivity index (χ0) is 26.9. The number of carbonyl (C=O) groups is 2. The first-order chi connectivity index (χ1) is 17.2. The Bertz CT molecular complexity index is 1090. The van der Waals surface area contributed by atoms with Gasteiger partial charge in [0.2, 0.25) is 10.4 Å². The van der Waals surface area contributed by atoms with Crippen LogP contribution in [0.4, 0.5) is 0 Å². The Hall–Kier alpha value is -1.41. The van der Waals surface area contributed by atoms with Crippen molar-refractivity contribution >= 4 is 22.2 Å². The molecule has 2 N–H and O–H groups in total. The number of carbonyl (C=O) groups excluding carboxylic acids is 2. The fourth-order valence-electron chi connectivity index (χ4n) is 8.29. The van der Waals surface area contributed by atoms with Crippen LogP contribution in [0.3, 0.4) is 0 Å². The number of rotatable bonds is 5. The molecule has 11 atom stereocenters. The van der Waals surface area contributed by atoms with Gasteiger partial charge in [-0.3, -0.25) is 8.98 Å². The van der Waals surface area contributed by atoms with Gasteiger partial charge in [-0.2, -0.15) is 0 Å². The van der Waals surface area contributed by atoms with E-state index in [2.05, 4.69) is 18.0 Å². The average molecular weight is 543 g/mol. The third-order valence-electron chi connectivity index (χ3n) is 10.2. The molecule has 5 rings (SSSR count). The fourth-order valence-corrected chi connectivity index (χ4v) is 8.79. The van der Waals surface area contributed by atoms with Crippen molar-refractivity contribution in [3.8, 4) is 0 Å². The summed E-state index contributed by atoms with van der Waals surface area (Å²) in [5.41, 5.74) is 0.969. The Morgan fingerprint density at radius 3 is 2.49 bits per heavy atom. The van der Waals surface area contributed by atoms with E-state index in [9.17, 15) is 37.9 Å². The van der Waals surface area contributed by atoms with Gasteiger partial charge in [-0.15, -0.1) is 0 Å². The summed E-state index contributed by atoms with van der Waals surface area (Å²) in [5, 5.41) is 32.4. The third-order valence-corrected chi connectivity index (χ3v) is 10.6. The minimum Gasteiger partial charge on any atom is -0.726 e. The van der Waals surface area contributed by atoms with Crippen LogP contribution in [-0.2, 0) is 33.6 Å². The van der Waals surface area contributed by atoms with E-state index in [-0.39, 0.29) is 16.6 Å². The molecule has 0 aromatic rings. The van der Waals surface area contributed by atoms with Crippen molar-refractivity contribution in [1.82, 2.24) is 0 Å². The van der Waals surface area contributed by atoms with Crippen molar-refractivity contribution in [2.75, 3.05) is 0 Å². The van der Waals surface area contributed by atoms with Gasteiger partial charge >= 0.3 is 0 Å². The molecule has 0 bridgehead atoms. The zero-order valence-corrected chi connectivity index (χ0v) is 21.7. The highest BCUT2D eigenvalue weighted by molar-refractivity contribution is 7.80. The number of carboxylic acids is 1. The normalized spacial score (nSPS) is 48.0. The zero-order valence-electron chi connectivity index (χ0n) is 20.9. The highest BCUT2D eigenvalue weighted by Crippen LogP contribution is 2.65. The Balaban J connectivity index is 1.35. The van der Waals surface area contributed by atoms with Gasteiger partial charge in [-0.25, -0.2) is 8.42 Å². The number of ketones is 1. The van der Waals surface area contributed by atoms with Crippen LogP contribution in [0.15, 0.2) is 11.6 Å². The fraction of sp³-hybridized carbons (Fsp3) is 0.840. The lowest BCUT2D eigenvalue weighted by atomic mass is 9.47. The summed E-state index contributed by atoms with van der Waals surface area (Å²) in [5.74, 6) is -0.458. The van der Waals surface area contributed by atoms with Gasteiger partial charge in [0.05, 0.1) is 12.1 Å². The Kier molecular flexibility index (Phi) is 6.87. The number of aliphatic hydroxyl groups excluding tert-OH is 2. The molecule has 0 radical (unpaired) electrons. The Morgan fingerprint density at radius 2 is 1.81 bits per heavy atom. The summed E-state index contributed by atoms with van der Waals surface area (Å²) in [6.45, 7) is 4.41. The standard InChI is InChI=1S/C25H36O11S/c1-24-9-7-13(26)11-12(24)3-4-14-15-5-6-17(25(15,2)10-8-16(14)24)34-23-19(28)20(36-37(31,32)33)18(27)21(35-23)22(29)30/h11,14-21,23,27-28H,3-10H2,1-2H3,(H,29,30)(H,31,32,33)/p-2/t14-,15-,16-,17-,18-,19+,20-,21-,23+,24-,25-/m0/s1. The third kappa shape index (κ3) is 4.58. The van der Waals surface area contributed by atoms with Crippen LogP contribution in [0.25, 0.3) is 0 Å². The highest BCUT2D eigenvalue weighted by Gasteiger charge is 2.60. The van der Waals surface area contributed by atoms with Crippen LogP contribution in [-0.4, -0.2) is 71.7 Å². The summed E-state index contributed by atoms with van der Waals surface area (Å²) >= 11 is 0. The SMILES string of the molecule is C[C@]12CC[C@H]3[C@@H](CCC4=CC(=O)CC[C@@]43C)[C@@H]1CC[C@@H]2O[C@@H]1O[C@H](C(=O)[O-])[C@@H](O)[C@H](OS(=O)(=O)[O-])[C@H]1O. The lowest BCUT2D eigenvalue weighted by Gasteiger charge is -2.58. The summed E-state index contributed by atoms with van der Waals surface area (Å²) in [4.78, 5) is 23.6. The van der Waals surface area contributed by atoms with Crippen LogP contribution in [0.1, 0.15) is 65.2 Å². The Labute approximate surface area is 216 Å². The molecule has 0 spiro atoms. The predicted molar refractivity (Wildman–Crippen MR) is 122 cm³/mol. The molecule has 3 saturated carbocycles. The van der Waals surface area contributed by atoms with Gasteiger partial charge in [0.1, 0.15) is 24.4 Å². The van der Waals surface area contributed by atoms with Gasteiger partial charge in [0.15, 0.2) is 12.1 Å². The van der Waals surface area contributed by atoms with Crippen LogP contribution in [0.5, 0.6) is 0 Å². The summed E-state index contributed by atoms with van der Waals surface area (Å²) in [6.07, 6.45) is -1.88. The van der Waals surface area contributed by atoms with Crippen molar-refractivity contribution < 1.29 is 51.5 Å². The quantitative estimate of drug-likeness (QED) is 0.351. The van der Waals surface area contributed by atoms with E-state index in [4.69, 9.17) is 9.47 Å². The second-order valence-electron chi connectivity index (χ2n) is 11.9.